The molecule has 7 heteroatoms. The van der Waals surface area contributed by atoms with Gasteiger partial charge in [-0.25, -0.2) is 9.98 Å². The maximum Gasteiger partial charge on any atom is 0.191 e. The fourth-order valence-electron chi connectivity index (χ4n) is 3.87. The molecule has 0 spiro atoms. The number of ether oxygens (including phenoxy) is 1. The zero-order chi connectivity index (χ0) is 19.1. The molecule has 1 aromatic rings. The Bertz CT molecular complexity index is 629. The fourth-order valence-corrected chi connectivity index (χ4v) is 3.87. The van der Waals surface area contributed by atoms with Gasteiger partial charge in [0.05, 0.1) is 19.3 Å². The summed E-state index contributed by atoms with van der Waals surface area (Å²) in [5, 5.41) is 6.94. The Hall–Kier alpha value is -1.09. The number of aromatic nitrogens is 1. The average Bonchev–Trinajstić information content (AvgIpc) is 2.66. The highest BCUT2D eigenvalue weighted by Gasteiger charge is 2.34. The minimum Gasteiger partial charge on any atom is -0.375 e. The molecule has 1 saturated heterocycles. The molecule has 2 heterocycles. The van der Waals surface area contributed by atoms with Gasteiger partial charge in [-0.15, -0.1) is 24.0 Å². The molecule has 0 radical (unpaired) electrons. The van der Waals surface area contributed by atoms with Crippen LogP contribution in [0.1, 0.15) is 52.0 Å². The molecule has 2 N–H and O–H groups in total. The third-order valence-electron chi connectivity index (χ3n) is 5.93. The van der Waals surface area contributed by atoms with E-state index in [1.165, 1.54) is 31.2 Å². The molecule has 28 heavy (non-hydrogen) atoms. The number of guanidine groups is 1. The molecule has 2 fully saturated rings. The number of hydrogen-bond acceptors (Lipinski definition) is 4. The second-order valence-corrected chi connectivity index (χ2v) is 7.91. The lowest BCUT2D eigenvalue weighted by molar-refractivity contribution is 0.0529. The van der Waals surface area contributed by atoms with E-state index in [-0.39, 0.29) is 30.1 Å². The van der Waals surface area contributed by atoms with Crippen LogP contribution in [-0.2, 0) is 11.3 Å². The van der Waals surface area contributed by atoms with E-state index >= 15 is 0 Å². The molecule has 1 unspecified atom stereocenters. The standard InChI is InChI=1S/C21H35N5O.HI/c1-4-21(8-6-9-21)16-25-20(22-5-2)24-14-18-7-10-23-19(13-18)26-11-12-27-17(3)15-26;/h7,10,13,17H,4-6,8-9,11-12,14-16H2,1-3H3,(H2,22,24,25);1H. The van der Waals surface area contributed by atoms with Gasteiger partial charge >= 0.3 is 0 Å². The van der Waals surface area contributed by atoms with Crippen molar-refractivity contribution < 1.29 is 4.74 Å². The third-order valence-corrected chi connectivity index (χ3v) is 5.93. The Balaban J connectivity index is 0.00000280. The monoisotopic (exact) mass is 501 g/mol. The van der Waals surface area contributed by atoms with E-state index in [2.05, 4.69) is 53.4 Å². The van der Waals surface area contributed by atoms with E-state index in [9.17, 15) is 0 Å². The highest BCUT2D eigenvalue weighted by atomic mass is 127. The van der Waals surface area contributed by atoms with Crippen molar-refractivity contribution in [2.75, 3.05) is 37.7 Å². The van der Waals surface area contributed by atoms with Gasteiger partial charge in [0.15, 0.2) is 5.96 Å². The van der Waals surface area contributed by atoms with Crippen LogP contribution < -0.4 is 15.5 Å². The van der Waals surface area contributed by atoms with Crippen molar-refractivity contribution in [1.29, 1.82) is 0 Å². The summed E-state index contributed by atoms with van der Waals surface area (Å²) in [6, 6.07) is 4.21. The second kappa shape index (κ2) is 11.2. The molecule has 0 bridgehead atoms. The van der Waals surface area contributed by atoms with Crippen LogP contribution in [-0.4, -0.2) is 49.8 Å². The number of nitrogens with one attached hydrogen (secondary N) is 2. The highest BCUT2D eigenvalue weighted by Crippen LogP contribution is 2.42. The Morgan fingerprint density at radius 2 is 2.18 bits per heavy atom. The average molecular weight is 501 g/mol. The van der Waals surface area contributed by atoms with Gasteiger partial charge in [0.1, 0.15) is 5.82 Å². The molecule has 0 amide bonds. The Morgan fingerprint density at radius 1 is 1.36 bits per heavy atom. The van der Waals surface area contributed by atoms with Crippen LogP contribution in [0.15, 0.2) is 23.3 Å². The van der Waals surface area contributed by atoms with E-state index in [1.807, 2.05) is 6.20 Å². The largest absolute Gasteiger partial charge is 0.375 e. The van der Waals surface area contributed by atoms with Gasteiger partial charge in [0, 0.05) is 32.4 Å². The van der Waals surface area contributed by atoms with E-state index < -0.39 is 0 Å². The molecule has 158 valence electrons. The Morgan fingerprint density at radius 3 is 2.82 bits per heavy atom. The highest BCUT2D eigenvalue weighted by molar-refractivity contribution is 14.0. The van der Waals surface area contributed by atoms with Crippen molar-refractivity contribution in [3.05, 3.63) is 23.9 Å². The summed E-state index contributed by atoms with van der Waals surface area (Å²) in [6.07, 6.45) is 7.42. The summed E-state index contributed by atoms with van der Waals surface area (Å²) in [5.41, 5.74) is 1.66. The van der Waals surface area contributed by atoms with Crippen LogP contribution in [0.2, 0.25) is 0 Å². The van der Waals surface area contributed by atoms with Gasteiger partial charge in [-0.1, -0.05) is 13.3 Å². The quantitative estimate of drug-likeness (QED) is 0.340. The summed E-state index contributed by atoms with van der Waals surface area (Å²) in [6.45, 7) is 11.6. The normalized spacial score (nSPS) is 21.5. The van der Waals surface area contributed by atoms with Crippen LogP contribution in [0.4, 0.5) is 5.82 Å². The summed E-state index contributed by atoms with van der Waals surface area (Å²) < 4.78 is 5.64. The smallest absolute Gasteiger partial charge is 0.191 e. The number of anilines is 1. The van der Waals surface area contributed by atoms with E-state index in [0.29, 0.717) is 12.0 Å². The number of hydrogen-bond donors (Lipinski definition) is 2. The van der Waals surface area contributed by atoms with E-state index in [4.69, 9.17) is 9.73 Å². The first-order chi connectivity index (χ1) is 13.1. The first kappa shape index (κ1) is 23.2. The van der Waals surface area contributed by atoms with Gasteiger partial charge in [0.25, 0.3) is 0 Å². The minimum atomic E-state index is 0. The SMILES string of the molecule is CCNC(=NCc1ccnc(N2CCOC(C)C2)c1)NCC1(CC)CCC1.I. The van der Waals surface area contributed by atoms with Gasteiger partial charge in [-0.2, -0.15) is 0 Å². The zero-order valence-electron chi connectivity index (χ0n) is 17.5. The molecule has 1 atom stereocenters. The first-order valence-corrected chi connectivity index (χ1v) is 10.5. The lowest BCUT2D eigenvalue weighted by atomic mass is 9.67. The summed E-state index contributed by atoms with van der Waals surface area (Å²) in [4.78, 5) is 11.7. The van der Waals surface area contributed by atoms with Crippen LogP contribution in [0.5, 0.6) is 0 Å². The number of morpholine rings is 1. The zero-order valence-corrected chi connectivity index (χ0v) is 19.9. The molecule has 6 nitrogen and oxygen atoms in total. The molecule has 1 aliphatic heterocycles. The van der Waals surface area contributed by atoms with Crippen molar-refractivity contribution in [3.63, 3.8) is 0 Å². The molecule has 1 aromatic heterocycles. The molecular formula is C21H36IN5O. The second-order valence-electron chi connectivity index (χ2n) is 7.91. The maximum absolute atomic E-state index is 5.64. The van der Waals surface area contributed by atoms with Crippen LogP contribution in [0.25, 0.3) is 0 Å². The van der Waals surface area contributed by atoms with Crippen LogP contribution in [0.3, 0.4) is 0 Å². The van der Waals surface area contributed by atoms with Crippen molar-refractivity contribution >= 4 is 35.8 Å². The molecule has 1 saturated carbocycles. The lowest BCUT2D eigenvalue weighted by Crippen LogP contribution is -2.46. The Labute approximate surface area is 186 Å². The number of nitrogens with zero attached hydrogens (tertiary/aromatic N) is 3. The molecule has 2 aliphatic rings. The summed E-state index contributed by atoms with van der Waals surface area (Å²) >= 11 is 0. The molecular weight excluding hydrogens is 465 g/mol. The van der Waals surface area contributed by atoms with Crippen molar-refractivity contribution in [2.24, 2.45) is 10.4 Å². The lowest BCUT2D eigenvalue weighted by Gasteiger charge is -2.41. The topological polar surface area (TPSA) is 61.8 Å². The van der Waals surface area contributed by atoms with E-state index in [1.54, 1.807) is 0 Å². The molecule has 1 aliphatic carbocycles. The van der Waals surface area contributed by atoms with Gasteiger partial charge < -0.3 is 20.3 Å². The Kier molecular flexibility index (Phi) is 9.27. The minimum absolute atomic E-state index is 0. The van der Waals surface area contributed by atoms with Crippen molar-refractivity contribution in [2.45, 2.75) is 59.1 Å². The summed E-state index contributed by atoms with van der Waals surface area (Å²) in [7, 11) is 0. The van der Waals surface area contributed by atoms with Gasteiger partial charge in [-0.05, 0) is 56.2 Å². The predicted octanol–water partition coefficient (Wildman–Crippen LogP) is 3.56. The van der Waals surface area contributed by atoms with Gasteiger partial charge in [0.2, 0.25) is 0 Å². The number of halogens is 1. The summed E-state index contributed by atoms with van der Waals surface area (Å²) in [5.74, 6) is 1.94. The van der Waals surface area contributed by atoms with Crippen LogP contribution >= 0.6 is 24.0 Å². The first-order valence-electron chi connectivity index (χ1n) is 10.5. The van der Waals surface area contributed by atoms with E-state index in [0.717, 1.165) is 44.6 Å². The van der Waals surface area contributed by atoms with Crippen molar-refractivity contribution in [3.8, 4) is 0 Å². The number of rotatable bonds is 7. The predicted molar refractivity (Wildman–Crippen MR) is 127 cm³/mol. The third kappa shape index (κ3) is 6.20. The molecule has 0 aromatic carbocycles. The van der Waals surface area contributed by atoms with Crippen LogP contribution in [0, 0.1) is 5.41 Å². The fraction of sp³-hybridized carbons (Fsp3) is 0.714. The number of pyridine rings is 1. The molecule has 3 rings (SSSR count). The maximum atomic E-state index is 5.64. The van der Waals surface area contributed by atoms with Crippen molar-refractivity contribution in [1.82, 2.24) is 15.6 Å². The van der Waals surface area contributed by atoms with Gasteiger partial charge in [-0.3, -0.25) is 0 Å². The number of aliphatic imine (C=N–C) groups is 1.